The second-order valence-corrected chi connectivity index (χ2v) is 3.95. The SMILES string of the molecule is COC(=O)c1cccnc1Nn1c(C)ccc1C. The third kappa shape index (κ3) is 2.20. The summed E-state index contributed by atoms with van der Waals surface area (Å²) >= 11 is 0. The maximum atomic E-state index is 11.6. The number of ether oxygens (including phenoxy) is 1. The zero-order chi connectivity index (χ0) is 13.1. The Kier molecular flexibility index (Phi) is 3.32. The zero-order valence-electron chi connectivity index (χ0n) is 10.6. The fourth-order valence-corrected chi connectivity index (χ4v) is 1.72. The van der Waals surface area contributed by atoms with Crippen LogP contribution in [0.2, 0.25) is 0 Å². The molecule has 0 aliphatic rings. The number of esters is 1. The molecule has 94 valence electrons. The summed E-state index contributed by atoms with van der Waals surface area (Å²) in [4.78, 5) is 15.8. The highest BCUT2D eigenvalue weighted by Crippen LogP contribution is 2.15. The number of nitrogens with one attached hydrogen (secondary N) is 1. The number of hydrogen-bond acceptors (Lipinski definition) is 4. The first kappa shape index (κ1) is 12.2. The Balaban J connectivity index is 2.38. The van der Waals surface area contributed by atoms with Crippen LogP contribution in [0.4, 0.5) is 5.82 Å². The number of carbonyl (C=O) groups excluding carboxylic acids is 1. The van der Waals surface area contributed by atoms with Crippen molar-refractivity contribution < 1.29 is 9.53 Å². The number of pyridine rings is 1. The van der Waals surface area contributed by atoms with Gasteiger partial charge in [-0.15, -0.1) is 0 Å². The minimum absolute atomic E-state index is 0.409. The molecule has 0 amide bonds. The number of aryl methyl sites for hydroxylation is 2. The Morgan fingerprint density at radius 3 is 2.56 bits per heavy atom. The van der Waals surface area contributed by atoms with E-state index in [1.165, 1.54) is 7.11 Å². The van der Waals surface area contributed by atoms with Gasteiger partial charge in [0.05, 0.1) is 7.11 Å². The maximum absolute atomic E-state index is 11.6. The fraction of sp³-hybridized carbons (Fsp3) is 0.231. The van der Waals surface area contributed by atoms with Crippen LogP contribution in [0.5, 0.6) is 0 Å². The summed E-state index contributed by atoms with van der Waals surface area (Å²) in [6, 6.07) is 7.36. The second-order valence-electron chi connectivity index (χ2n) is 3.95. The van der Waals surface area contributed by atoms with Gasteiger partial charge in [0.1, 0.15) is 5.56 Å². The van der Waals surface area contributed by atoms with Gasteiger partial charge < -0.3 is 4.74 Å². The molecule has 0 spiro atoms. The third-order valence-electron chi connectivity index (χ3n) is 2.70. The Morgan fingerprint density at radius 1 is 1.28 bits per heavy atom. The smallest absolute Gasteiger partial charge is 0.341 e. The van der Waals surface area contributed by atoms with Crippen molar-refractivity contribution >= 4 is 11.8 Å². The number of methoxy groups -OCH3 is 1. The van der Waals surface area contributed by atoms with E-state index in [0.29, 0.717) is 11.4 Å². The van der Waals surface area contributed by atoms with Gasteiger partial charge in [0.15, 0.2) is 5.82 Å². The molecule has 0 radical (unpaired) electrons. The summed E-state index contributed by atoms with van der Waals surface area (Å²) in [5.74, 6) is 0.0693. The lowest BCUT2D eigenvalue weighted by atomic mass is 10.2. The van der Waals surface area contributed by atoms with Gasteiger partial charge in [-0.25, -0.2) is 9.78 Å². The molecule has 2 aromatic rings. The zero-order valence-corrected chi connectivity index (χ0v) is 10.6. The molecule has 2 aromatic heterocycles. The first-order chi connectivity index (χ1) is 8.63. The average Bonchev–Trinajstić information content (AvgIpc) is 2.70. The molecule has 0 fully saturated rings. The van der Waals surface area contributed by atoms with Gasteiger partial charge >= 0.3 is 5.97 Å². The van der Waals surface area contributed by atoms with E-state index in [1.54, 1.807) is 18.3 Å². The van der Waals surface area contributed by atoms with E-state index in [0.717, 1.165) is 11.4 Å². The lowest BCUT2D eigenvalue weighted by Gasteiger charge is -2.13. The van der Waals surface area contributed by atoms with Gasteiger partial charge in [0, 0.05) is 17.6 Å². The van der Waals surface area contributed by atoms with Crippen molar-refractivity contribution in [2.45, 2.75) is 13.8 Å². The number of carbonyl (C=O) groups is 1. The molecular weight excluding hydrogens is 230 g/mol. The van der Waals surface area contributed by atoms with E-state index < -0.39 is 5.97 Å². The minimum Gasteiger partial charge on any atom is -0.465 e. The Morgan fingerprint density at radius 2 is 1.94 bits per heavy atom. The quantitative estimate of drug-likeness (QED) is 0.842. The van der Waals surface area contributed by atoms with Crippen LogP contribution < -0.4 is 5.43 Å². The average molecular weight is 245 g/mol. The summed E-state index contributed by atoms with van der Waals surface area (Å²) in [6.07, 6.45) is 1.63. The Labute approximate surface area is 105 Å². The van der Waals surface area contributed by atoms with Crippen molar-refractivity contribution in [2.75, 3.05) is 12.5 Å². The highest BCUT2D eigenvalue weighted by Gasteiger charge is 2.13. The molecule has 0 saturated heterocycles. The van der Waals surface area contributed by atoms with Crippen LogP contribution >= 0.6 is 0 Å². The van der Waals surface area contributed by atoms with Crippen molar-refractivity contribution in [3.63, 3.8) is 0 Å². The summed E-state index contributed by atoms with van der Waals surface area (Å²) in [7, 11) is 1.35. The van der Waals surface area contributed by atoms with E-state index >= 15 is 0 Å². The van der Waals surface area contributed by atoms with Crippen LogP contribution in [-0.2, 0) is 4.74 Å². The largest absolute Gasteiger partial charge is 0.465 e. The molecule has 0 bridgehead atoms. The normalized spacial score (nSPS) is 10.2. The van der Waals surface area contributed by atoms with Gasteiger partial charge in [0.2, 0.25) is 0 Å². The number of aromatic nitrogens is 2. The second kappa shape index (κ2) is 4.91. The number of anilines is 1. The number of nitrogens with zero attached hydrogens (tertiary/aromatic N) is 2. The van der Waals surface area contributed by atoms with E-state index in [-0.39, 0.29) is 0 Å². The molecule has 0 aliphatic heterocycles. The molecule has 18 heavy (non-hydrogen) atoms. The minimum atomic E-state index is -0.409. The van der Waals surface area contributed by atoms with E-state index in [1.807, 2.05) is 30.7 Å². The molecular formula is C13H15N3O2. The van der Waals surface area contributed by atoms with Crippen LogP contribution in [0.25, 0.3) is 0 Å². The van der Waals surface area contributed by atoms with Crippen molar-refractivity contribution in [2.24, 2.45) is 0 Å². The van der Waals surface area contributed by atoms with E-state index in [2.05, 4.69) is 10.4 Å². The first-order valence-electron chi connectivity index (χ1n) is 5.59. The van der Waals surface area contributed by atoms with Crippen molar-refractivity contribution in [1.82, 2.24) is 9.66 Å². The third-order valence-corrected chi connectivity index (χ3v) is 2.70. The highest BCUT2D eigenvalue weighted by molar-refractivity contribution is 5.94. The highest BCUT2D eigenvalue weighted by atomic mass is 16.5. The monoisotopic (exact) mass is 245 g/mol. The van der Waals surface area contributed by atoms with E-state index in [4.69, 9.17) is 4.74 Å². The lowest BCUT2D eigenvalue weighted by Crippen LogP contribution is -2.16. The number of hydrogen-bond donors (Lipinski definition) is 1. The molecule has 0 saturated carbocycles. The summed E-state index contributed by atoms with van der Waals surface area (Å²) < 4.78 is 6.60. The molecule has 0 atom stereocenters. The summed E-state index contributed by atoms with van der Waals surface area (Å²) in [5.41, 5.74) is 5.59. The summed E-state index contributed by atoms with van der Waals surface area (Å²) in [6.45, 7) is 3.95. The standard InChI is InChI=1S/C13H15N3O2/c1-9-6-7-10(2)16(9)15-12-11(13(17)18-3)5-4-8-14-12/h4-8H,1-3H3,(H,14,15). The molecule has 1 N–H and O–H groups in total. The predicted molar refractivity (Wildman–Crippen MR) is 68.5 cm³/mol. The van der Waals surface area contributed by atoms with Crippen molar-refractivity contribution in [1.29, 1.82) is 0 Å². The van der Waals surface area contributed by atoms with Gasteiger partial charge in [-0.05, 0) is 38.1 Å². The molecule has 2 rings (SSSR count). The molecule has 0 unspecified atom stereocenters. The van der Waals surface area contributed by atoms with Crippen LogP contribution in [0.1, 0.15) is 21.7 Å². The molecule has 5 nitrogen and oxygen atoms in total. The lowest BCUT2D eigenvalue weighted by molar-refractivity contribution is 0.0601. The van der Waals surface area contributed by atoms with Crippen LogP contribution in [0.3, 0.4) is 0 Å². The van der Waals surface area contributed by atoms with Gasteiger partial charge in [-0.3, -0.25) is 10.1 Å². The van der Waals surface area contributed by atoms with E-state index in [9.17, 15) is 4.79 Å². The molecule has 0 aliphatic carbocycles. The molecule has 5 heteroatoms. The Hall–Kier alpha value is -2.30. The van der Waals surface area contributed by atoms with Crippen molar-refractivity contribution in [3.8, 4) is 0 Å². The topological polar surface area (TPSA) is 56.1 Å². The molecule has 2 heterocycles. The maximum Gasteiger partial charge on any atom is 0.341 e. The first-order valence-corrected chi connectivity index (χ1v) is 5.59. The van der Waals surface area contributed by atoms with Gasteiger partial charge in [-0.2, -0.15) is 0 Å². The van der Waals surface area contributed by atoms with Gasteiger partial charge in [-0.1, -0.05) is 0 Å². The van der Waals surface area contributed by atoms with Crippen molar-refractivity contribution in [3.05, 3.63) is 47.4 Å². The summed E-state index contributed by atoms with van der Waals surface area (Å²) in [5, 5.41) is 0. The van der Waals surface area contributed by atoms with Crippen LogP contribution in [0, 0.1) is 13.8 Å². The predicted octanol–water partition coefficient (Wildman–Crippen LogP) is 2.16. The van der Waals surface area contributed by atoms with Gasteiger partial charge in [0.25, 0.3) is 0 Å². The van der Waals surface area contributed by atoms with Crippen LogP contribution in [-0.4, -0.2) is 22.7 Å². The van der Waals surface area contributed by atoms with Crippen LogP contribution in [0.15, 0.2) is 30.5 Å². The molecule has 0 aromatic carbocycles. The number of rotatable bonds is 3. The fourth-order valence-electron chi connectivity index (χ4n) is 1.72. The Bertz CT molecular complexity index is 556.